The van der Waals surface area contributed by atoms with Crippen LogP contribution < -0.4 is 10.6 Å². The molecule has 0 spiro atoms. The highest BCUT2D eigenvalue weighted by molar-refractivity contribution is 7.80. The van der Waals surface area contributed by atoms with Crippen LogP contribution in [0.3, 0.4) is 0 Å². The van der Waals surface area contributed by atoms with Gasteiger partial charge in [0.15, 0.2) is 5.69 Å². The fourth-order valence-corrected chi connectivity index (χ4v) is 3.86. The molecule has 35 heavy (non-hydrogen) atoms. The first-order valence-corrected chi connectivity index (χ1v) is 10.7. The number of aliphatic hydroxyl groups is 1. The number of aryl methyl sites for hydroxylation is 1. The molecule has 0 unspecified atom stereocenters. The van der Waals surface area contributed by atoms with Crippen molar-refractivity contribution in [1.29, 1.82) is 0 Å². The summed E-state index contributed by atoms with van der Waals surface area (Å²) in [5, 5.41) is 14.3. The Morgan fingerprint density at radius 2 is 1.80 bits per heavy atom. The smallest absolute Gasteiger partial charge is 0.396 e. The minimum absolute atomic E-state index is 0.0804. The second-order valence-corrected chi connectivity index (χ2v) is 8.23. The number of fused-ring (bicyclic) bond motifs is 3. The van der Waals surface area contributed by atoms with Gasteiger partial charge in [0.1, 0.15) is 0 Å². The van der Waals surface area contributed by atoms with E-state index in [9.17, 15) is 26.3 Å². The molecule has 0 fully saturated rings. The summed E-state index contributed by atoms with van der Waals surface area (Å²) in [5.74, 6) is -0.200. The number of pyridine rings is 1. The van der Waals surface area contributed by atoms with Gasteiger partial charge in [-0.15, -0.1) is 0 Å². The van der Waals surface area contributed by atoms with E-state index in [0.717, 1.165) is 18.3 Å². The Kier molecular flexibility index (Phi) is 6.64. The maximum absolute atomic E-state index is 13.5. The normalized spacial score (nSPS) is 13.5. The molecule has 1 aromatic carbocycles. The Bertz CT molecular complexity index is 1280. The summed E-state index contributed by atoms with van der Waals surface area (Å²) in [7, 11) is 0. The van der Waals surface area contributed by atoms with E-state index in [1.165, 1.54) is 18.3 Å². The van der Waals surface area contributed by atoms with Gasteiger partial charge in [-0.05, 0) is 36.6 Å². The van der Waals surface area contributed by atoms with Gasteiger partial charge in [0.05, 0.1) is 21.9 Å². The predicted octanol–water partition coefficient (Wildman–Crippen LogP) is 5.54. The molecular weight excluding hydrogens is 496 g/mol. The molecule has 4 rings (SSSR count). The molecule has 13 heteroatoms. The summed E-state index contributed by atoms with van der Waals surface area (Å²) in [6.07, 6.45) is -6.11. The minimum Gasteiger partial charge on any atom is -0.396 e. The standard InChI is InChI=1S/C22H17F6N5OS/c23-21(24,25)13-3-4-14-15(8-13)31-17(35)7-12-10-30-20(33-18(12)14)32-16-6-11(2-1-5-34)9-29-19(16)22(26,27)28/h3-4,6,8-10,34H,1-2,5,7H2,(H,31,35)(H,30,32,33). The number of thiocarbonyl (C=S) groups is 1. The lowest BCUT2D eigenvalue weighted by atomic mass is 10.0. The van der Waals surface area contributed by atoms with Gasteiger partial charge in [-0.25, -0.2) is 15.0 Å². The molecule has 184 valence electrons. The number of benzene rings is 1. The van der Waals surface area contributed by atoms with E-state index in [2.05, 4.69) is 25.6 Å². The molecule has 0 saturated heterocycles. The quantitative estimate of drug-likeness (QED) is 0.305. The van der Waals surface area contributed by atoms with Crippen LogP contribution in [-0.4, -0.2) is 31.7 Å². The van der Waals surface area contributed by atoms with Gasteiger partial charge in [-0.2, -0.15) is 26.3 Å². The third-order valence-electron chi connectivity index (χ3n) is 5.17. The summed E-state index contributed by atoms with van der Waals surface area (Å²) < 4.78 is 80.2. The summed E-state index contributed by atoms with van der Waals surface area (Å²) in [4.78, 5) is 12.2. The number of aliphatic hydroxyl groups excluding tert-OH is 1. The topological polar surface area (TPSA) is 83.0 Å². The van der Waals surface area contributed by atoms with E-state index in [4.69, 9.17) is 17.3 Å². The lowest BCUT2D eigenvalue weighted by molar-refractivity contribution is -0.140. The van der Waals surface area contributed by atoms with Crippen molar-refractivity contribution in [3.8, 4) is 11.3 Å². The number of nitrogens with zero attached hydrogens (tertiary/aromatic N) is 3. The molecule has 0 bridgehead atoms. The highest BCUT2D eigenvalue weighted by Gasteiger charge is 2.36. The van der Waals surface area contributed by atoms with Gasteiger partial charge < -0.3 is 15.7 Å². The Labute approximate surface area is 200 Å². The maximum Gasteiger partial charge on any atom is 0.435 e. The summed E-state index contributed by atoms with van der Waals surface area (Å²) >= 11 is 5.21. The largest absolute Gasteiger partial charge is 0.435 e. The molecule has 2 aromatic heterocycles. The second-order valence-electron chi connectivity index (χ2n) is 7.74. The van der Waals surface area contributed by atoms with Crippen LogP contribution in [0.25, 0.3) is 11.3 Å². The van der Waals surface area contributed by atoms with Crippen molar-refractivity contribution in [2.24, 2.45) is 0 Å². The Hall–Kier alpha value is -3.32. The van der Waals surface area contributed by atoms with Crippen molar-refractivity contribution >= 4 is 34.5 Å². The molecule has 1 aliphatic rings. The van der Waals surface area contributed by atoms with Gasteiger partial charge in [-0.3, -0.25) is 0 Å². The van der Waals surface area contributed by atoms with E-state index in [-0.39, 0.29) is 41.0 Å². The van der Waals surface area contributed by atoms with Gasteiger partial charge in [0.25, 0.3) is 0 Å². The van der Waals surface area contributed by atoms with Crippen LogP contribution in [0.15, 0.2) is 36.7 Å². The summed E-state index contributed by atoms with van der Waals surface area (Å²) in [6, 6.07) is 4.28. The van der Waals surface area contributed by atoms with E-state index >= 15 is 0 Å². The molecule has 3 heterocycles. The zero-order valence-corrected chi connectivity index (χ0v) is 18.6. The van der Waals surface area contributed by atoms with Crippen molar-refractivity contribution < 1.29 is 31.4 Å². The second kappa shape index (κ2) is 9.38. The van der Waals surface area contributed by atoms with Crippen LogP contribution in [0, 0.1) is 0 Å². The maximum atomic E-state index is 13.5. The molecule has 3 aromatic rings. The number of nitrogens with one attached hydrogen (secondary N) is 2. The van der Waals surface area contributed by atoms with Crippen LogP contribution in [0.2, 0.25) is 0 Å². The molecule has 3 N–H and O–H groups in total. The Morgan fingerprint density at radius 1 is 1.03 bits per heavy atom. The highest BCUT2D eigenvalue weighted by atomic mass is 32.1. The van der Waals surface area contributed by atoms with Gasteiger partial charge in [0, 0.05) is 42.2 Å². The number of anilines is 3. The molecule has 0 aliphatic carbocycles. The van der Waals surface area contributed by atoms with Gasteiger partial charge in [0.2, 0.25) is 5.95 Å². The fourth-order valence-electron chi connectivity index (χ4n) is 3.60. The molecule has 0 amide bonds. The van der Waals surface area contributed by atoms with Crippen molar-refractivity contribution in [1.82, 2.24) is 15.0 Å². The van der Waals surface area contributed by atoms with Crippen LogP contribution in [-0.2, 0) is 25.2 Å². The molecule has 6 nitrogen and oxygen atoms in total. The number of hydrogen-bond acceptors (Lipinski definition) is 6. The van der Waals surface area contributed by atoms with Crippen LogP contribution >= 0.6 is 12.2 Å². The van der Waals surface area contributed by atoms with Crippen molar-refractivity contribution in [2.45, 2.75) is 31.6 Å². The van der Waals surface area contributed by atoms with Crippen LogP contribution in [0.1, 0.15) is 28.8 Å². The number of aromatic nitrogens is 3. The molecule has 0 atom stereocenters. The lowest BCUT2D eigenvalue weighted by Crippen LogP contribution is -2.13. The number of alkyl halides is 6. The van der Waals surface area contributed by atoms with Crippen LogP contribution in [0.5, 0.6) is 0 Å². The molecular formula is C22H17F6N5OS. The minimum atomic E-state index is -4.76. The Balaban J connectivity index is 1.77. The predicted molar refractivity (Wildman–Crippen MR) is 120 cm³/mol. The first kappa shape index (κ1) is 24.8. The lowest BCUT2D eigenvalue weighted by Gasteiger charge is -2.16. The molecule has 1 aliphatic heterocycles. The van der Waals surface area contributed by atoms with Crippen LogP contribution in [0.4, 0.5) is 43.7 Å². The number of halogens is 6. The third-order valence-corrected chi connectivity index (χ3v) is 5.42. The SMILES string of the molecule is OCCCc1cnc(C(F)(F)F)c(Nc2ncc3c(n2)-c2ccc(C(F)(F)F)cc2NC(=S)C3)c1. The zero-order chi connectivity index (χ0) is 25.4. The Morgan fingerprint density at radius 3 is 2.49 bits per heavy atom. The van der Waals surface area contributed by atoms with Gasteiger partial charge >= 0.3 is 12.4 Å². The van der Waals surface area contributed by atoms with E-state index in [0.29, 0.717) is 29.5 Å². The molecule has 0 radical (unpaired) electrons. The fraction of sp³-hybridized carbons (Fsp3) is 0.273. The average Bonchev–Trinajstić information content (AvgIpc) is 2.91. The van der Waals surface area contributed by atoms with E-state index in [1.54, 1.807) is 0 Å². The zero-order valence-electron chi connectivity index (χ0n) is 17.8. The first-order valence-electron chi connectivity index (χ1n) is 10.3. The van der Waals surface area contributed by atoms with Crippen molar-refractivity contribution in [3.05, 3.63) is 59.0 Å². The van der Waals surface area contributed by atoms with E-state index < -0.39 is 23.6 Å². The van der Waals surface area contributed by atoms with Crippen molar-refractivity contribution in [3.63, 3.8) is 0 Å². The van der Waals surface area contributed by atoms with Gasteiger partial charge in [-0.1, -0.05) is 18.3 Å². The summed E-state index contributed by atoms with van der Waals surface area (Å²) in [6.45, 7) is -0.136. The molecule has 0 saturated carbocycles. The average molecular weight is 513 g/mol. The number of hydrogen-bond donors (Lipinski definition) is 3. The first-order chi connectivity index (χ1) is 16.5. The monoisotopic (exact) mass is 513 g/mol. The highest BCUT2D eigenvalue weighted by Crippen LogP contribution is 2.39. The van der Waals surface area contributed by atoms with E-state index in [1.807, 2.05) is 0 Å². The van der Waals surface area contributed by atoms with Crippen molar-refractivity contribution in [2.75, 3.05) is 17.2 Å². The summed E-state index contributed by atoms with van der Waals surface area (Å²) in [5.41, 5.74) is -0.883. The third kappa shape index (κ3) is 5.51. The number of rotatable bonds is 5.